The summed E-state index contributed by atoms with van der Waals surface area (Å²) < 4.78 is 15.0. The van der Waals surface area contributed by atoms with Crippen molar-refractivity contribution < 1.29 is 9.18 Å². The molecule has 0 spiro atoms. The Balaban J connectivity index is 1.43. The third-order valence-corrected chi connectivity index (χ3v) is 5.38. The van der Waals surface area contributed by atoms with Crippen LogP contribution in [0.5, 0.6) is 0 Å². The number of nitrogens with zero attached hydrogens (tertiary/aromatic N) is 5. The van der Waals surface area contributed by atoms with Gasteiger partial charge in [-0.25, -0.2) is 14.1 Å². The fraction of sp³-hybridized carbons (Fsp3) is 0.261. The molecule has 0 radical (unpaired) electrons. The quantitative estimate of drug-likeness (QED) is 0.625. The Bertz CT molecular complexity index is 1050. The lowest BCUT2D eigenvalue weighted by Crippen LogP contribution is -2.48. The van der Waals surface area contributed by atoms with Gasteiger partial charge < -0.3 is 9.80 Å². The van der Waals surface area contributed by atoms with Gasteiger partial charge in [-0.05, 0) is 56.3 Å². The molecule has 1 saturated heterocycles. The summed E-state index contributed by atoms with van der Waals surface area (Å²) in [4.78, 5) is 21.1. The van der Waals surface area contributed by atoms with E-state index in [1.54, 1.807) is 29.1 Å². The molecule has 0 N–H and O–H groups in total. The minimum absolute atomic E-state index is 0.0102. The number of benzene rings is 1. The Morgan fingerprint density at radius 3 is 2.43 bits per heavy atom. The summed E-state index contributed by atoms with van der Waals surface area (Å²) in [5, 5.41) is 4.55. The molecule has 154 valence electrons. The van der Waals surface area contributed by atoms with E-state index in [0.29, 0.717) is 13.1 Å². The fourth-order valence-corrected chi connectivity index (χ4v) is 3.69. The SMILES string of the molecule is Cc1nn(-c2ccc(F)cc2)c(C)c1/C=C/C(=O)N1CCN(c2ccccn2)CC1. The first-order valence-electron chi connectivity index (χ1n) is 9.98. The van der Waals surface area contributed by atoms with E-state index >= 15 is 0 Å². The molecular formula is C23H24FN5O. The van der Waals surface area contributed by atoms with Crippen molar-refractivity contribution in [1.29, 1.82) is 0 Å². The number of rotatable bonds is 4. The first-order chi connectivity index (χ1) is 14.5. The largest absolute Gasteiger partial charge is 0.353 e. The van der Waals surface area contributed by atoms with Crippen LogP contribution in [0.4, 0.5) is 10.2 Å². The Hall–Kier alpha value is -3.48. The van der Waals surface area contributed by atoms with Crippen molar-refractivity contribution in [2.24, 2.45) is 0 Å². The maximum Gasteiger partial charge on any atom is 0.246 e. The molecule has 0 saturated carbocycles. The smallest absolute Gasteiger partial charge is 0.246 e. The van der Waals surface area contributed by atoms with Gasteiger partial charge >= 0.3 is 0 Å². The number of piperazine rings is 1. The molecule has 30 heavy (non-hydrogen) atoms. The normalized spacial score (nSPS) is 14.5. The number of carbonyl (C=O) groups excluding carboxylic acids is 1. The molecular weight excluding hydrogens is 381 g/mol. The minimum Gasteiger partial charge on any atom is -0.353 e. The van der Waals surface area contributed by atoms with Crippen molar-refractivity contribution >= 4 is 17.8 Å². The molecule has 4 rings (SSSR count). The molecule has 0 bridgehead atoms. The van der Waals surface area contributed by atoms with Crippen LogP contribution in [0.15, 0.2) is 54.7 Å². The van der Waals surface area contributed by atoms with Crippen molar-refractivity contribution in [3.8, 4) is 5.69 Å². The third kappa shape index (κ3) is 4.10. The van der Waals surface area contributed by atoms with Crippen LogP contribution in [0.2, 0.25) is 0 Å². The van der Waals surface area contributed by atoms with E-state index < -0.39 is 0 Å². The molecule has 1 aromatic carbocycles. The first kappa shape index (κ1) is 19.8. The predicted molar refractivity (Wildman–Crippen MR) is 115 cm³/mol. The highest BCUT2D eigenvalue weighted by Crippen LogP contribution is 2.20. The molecule has 0 aliphatic carbocycles. The van der Waals surface area contributed by atoms with Gasteiger partial charge in [-0.15, -0.1) is 0 Å². The van der Waals surface area contributed by atoms with Crippen molar-refractivity contribution in [1.82, 2.24) is 19.7 Å². The summed E-state index contributed by atoms with van der Waals surface area (Å²) in [6.07, 6.45) is 5.22. The zero-order chi connectivity index (χ0) is 21.1. The van der Waals surface area contributed by atoms with Gasteiger partial charge in [-0.2, -0.15) is 5.10 Å². The molecule has 1 amide bonds. The number of hydrogen-bond acceptors (Lipinski definition) is 4. The molecule has 1 aliphatic heterocycles. The van der Waals surface area contributed by atoms with E-state index in [-0.39, 0.29) is 11.7 Å². The Labute approximate surface area is 175 Å². The Morgan fingerprint density at radius 1 is 1.03 bits per heavy atom. The fourth-order valence-electron chi connectivity index (χ4n) is 3.69. The van der Waals surface area contributed by atoms with Gasteiger partial charge in [-0.1, -0.05) is 6.07 Å². The average molecular weight is 405 g/mol. The maximum atomic E-state index is 13.2. The maximum absolute atomic E-state index is 13.2. The van der Waals surface area contributed by atoms with Gasteiger partial charge in [0.1, 0.15) is 11.6 Å². The second-order valence-corrected chi connectivity index (χ2v) is 7.31. The standard InChI is InChI=1S/C23H24FN5O/c1-17-21(18(2)29(26-17)20-8-6-19(24)7-9-20)10-11-23(30)28-15-13-27(14-16-28)22-5-3-4-12-25-22/h3-12H,13-16H2,1-2H3/b11-10+. The van der Waals surface area contributed by atoms with Crippen molar-refractivity contribution in [2.75, 3.05) is 31.1 Å². The van der Waals surface area contributed by atoms with Gasteiger partial charge in [0, 0.05) is 49.7 Å². The zero-order valence-electron chi connectivity index (χ0n) is 17.1. The summed E-state index contributed by atoms with van der Waals surface area (Å²) in [5.74, 6) is 0.651. The van der Waals surface area contributed by atoms with Crippen LogP contribution in [0.1, 0.15) is 17.0 Å². The van der Waals surface area contributed by atoms with Crippen LogP contribution < -0.4 is 4.90 Å². The number of hydrogen-bond donors (Lipinski definition) is 0. The van der Waals surface area contributed by atoms with Crippen LogP contribution >= 0.6 is 0 Å². The molecule has 7 heteroatoms. The van der Waals surface area contributed by atoms with Gasteiger partial charge in [-0.3, -0.25) is 4.79 Å². The molecule has 6 nitrogen and oxygen atoms in total. The lowest BCUT2D eigenvalue weighted by atomic mass is 10.1. The molecule has 2 aromatic heterocycles. The number of aromatic nitrogens is 3. The number of halogens is 1. The van der Waals surface area contributed by atoms with Crippen LogP contribution in [0.25, 0.3) is 11.8 Å². The van der Waals surface area contributed by atoms with Crippen molar-refractivity contribution in [3.05, 3.63) is 77.5 Å². The number of anilines is 1. The van der Waals surface area contributed by atoms with Crippen LogP contribution in [0, 0.1) is 19.7 Å². The van der Waals surface area contributed by atoms with E-state index in [9.17, 15) is 9.18 Å². The lowest BCUT2D eigenvalue weighted by molar-refractivity contribution is -0.126. The molecule has 1 fully saturated rings. The average Bonchev–Trinajstić information content (AvgIpc) is 3.06. The van der Waals surface area contributed by atoms with E-state index in [1.807, 2.05) is 43.0 Å². The van der Waals surface area contributed by atoms with Crippen molar-refractivity contribution in [2.45, 2.75) is 13.8 Å². The summed E-state index contributed by atoms with van der Waals surface area (Å²) >= 11 is 0. The number of aryl methyl sites for hydroxylation is 1. The van der Waals surface area contributed by atoms with Crippen LogP contribution in [-0.4, -0.2) is 51.8 Å². The summed E-state index contributed by atoms with van der Waals surface area (Å²) in [7, 11) is 0. The highest BCUT2D eigenvalue weighted by atomic mass is 19.1. The lowest BCUT2D eigenvalue weighted by Gasteiger charge is -2.34. The summed E-state index contributed by atoms with van der Waals surface area (Å²) in [6.45, 7) is 6.69. The second-order valence-electron chi connectivity index (χ2n) is 7.31. The molecule has 3 heterocycles. The number of pyridine rings is 1. The first-order valence-corrected chi connectivity index (χ1v) is 9.98. The summed E-state index contributed by atoms with van der Waals surface area (Å²) in [6, 6.07) is 12.1. The van der Waals surface area contributed by atoms with E-state index in [1.165, 1.54) is 12.1 Å². The second kappa shape index (κ2) is 8.49. The van der Waals surface area contributed by atoms with Gasteiger partial charge in [0.2, 0.25) is 5.91 Å². The summed E-state index contributed by atoms with van der Waals surface area (Å²) in [5.41, 5.74) is 3.41. The van der Waals surface area contributed by atoms with Gasteiger partial charge in [0.05, 0.1) is 11.4 Å². The Kier molecular flexibility index (Phi) is 5.61. The molecule has 3 aromatic rings. The minimum atomic E-state index is -0.283. The molecule has 0 unspecified atom stereocenters. The predicted octanol–water partition coefficient (Wildman–Crippen LogP) is 3.39. The third-order valence-electron chi connectivity index (χ3n) is 5.38. The Morgan fingerprint density at radius 2 is 1.77 bits per heavy atom. The monoisotopic (exact) mass is 405 g/mol. The van der Waals surface area contributed by atoms with E-state index in [4.69, 9.17) is 0 Å². The number of amides is 1. The van der Waals surface area contributed by atoms with E-state index in [0.717, 1.165) is 41.5 Å². The van der Waals surface area contributed by atoms with Crippen LogP contribution in [0.3, 0.4) is 0 Å². The van der Waals surface area contributed by atoms with E-state index in [2.05, 4.69) is 15.0 Å². The number of carbonyl (C=O) groups is 1. The molecule has 1 aliphatic rings. The van der Waals surface area contributed by atoms with Gasteiger partial charge in [0.15, 0.2) is 0 Å². The topological polar surface area (TPSA) is 54.3 Å². The van der Waals surface area contributed by atoms with Gasteiger partial charge in [0.25, 0.3) is 0 Å². The zero-order valence-corrected chi connectivity index (χ0v) is 17.1. The highest BCUT2D eigenvalue weighted by molar-refractivity contribution is 5.92. The van der Waals surface area contributed by atoms with Crippen molar-refractivity contribution in [3.63, 3.8) is 0 Å². The highest BCUT2D eigenvalue weighted by Gasteiger charge is 2.20. The molecule has 0 atom stereocenters. The van der Waals surface area contributed by atoms with Crippen LogP contribution in [-0.2, 0) is 4.79 Å².